The second-order valence-corrected chi connectivity index (χ2v) is 6.16. The molecule has 1 aromatic heterocycles. The van der Waals surface area contributed by atoms with E-state index in [-0.39, 0.29) is 0 Å². The van der Waals surface area contributed by atoms with Gasteiger partial charge in [-0.15, -0.1) is 0 Å². The number of rotatable bonds is 2. The molecule has 3 rings (SSSR count). The Morgan fingerprint density at radius 2 is 2.26 bits per heavy atom. The summed E-state index contributed by atoms with van der Waals surface area (Å²) in [7, 11) is 0. The number of nitrogen functional groups attached to an aromatic ring is 1. The first-order chi connectivity index (χ1) is 9.17. The summed E-state index contributed by atoms with van der Waals surface area (Å²) in [5, 5.41) is 1.13. The van der Waals surface area contributed by atoms with Crippen molar-refractivity contribution in [1.82, 2.24) is 9.88 Å². The van der Waals surface area contributed by atoms with Crippen LogP contribution in [-0.4, -0.2) is 42.1 Å². The van der Waals surface area contributed by atoms with Crippen molar-refractivity contribution < 1.29 is 0 Å². The average molecular weight is 276 g/mol. The van der Waals surface area contributed by atoms with E-state index in [4.69, 9.17) is 10.7 Å². The fourth-order valence-electron chi connectivity index (χ4n) is 2.70. The first kappa shape index (κ1) is 12.7. The molecule has 0 spiro atoms. The van der Waals surface area contributed by atoms with Gasteiger partial charge in [0.2, 0.25) is 0 Å². The predicted octanol–water partition coefficient (Wildman–Crippen LogP) is 2.41. The maximum atomic E-state index is 5.83. The highest BCUT2D eigenvalue weighted by Gasteiger charge is 2.24. The van der Waals surface area contributed by atoms with Crippen molar-refractivity contribution in [1.29, 1.82) is 0 Å². The van der Waals surface area contributed by atoms with Gasteiger partial charge in [-0.3, -0.25) is 4.90 Å². The van der Waals surface area contributed by atoms with Crippen LogP contribution in [-0.2, 0) is 0 Å². The molecule has 0 saturated carbocycles. The zero-order valence-corrected chi connectivity index (χ0v) is 12.3. The van der Waals surface area contributed by atoms with Crippen molar-refractivity contribution in [2.75, 3.05) is 36.8 Å². The molecule has 1 aliphatic rings. The lowest BCUT2D eigenvalue weighted by atomic mass is 10.2. The molecule has 1 unspecified atom stereocenters. The normalized spacial score (nSPS) is 21.2. The van der Waals surface area contributed by atoms with Crippen molar-refractivity contribution in [3.05, 3.63) is 18.2 Å². The lowest BCUT2D eigenvalue weighted by Crippen LogP contribution is -2.51. The third kappa shape index (κ3) is 2.40. The summed E-state index contributed by atoms with van der Waals surface area (Å²) in [6.07, 6.45) is 0. The van der Waals surface area contributed by atoms with Gasteiger partial charge in [0, 0.05) is 31.4 Å². The number of thiazole rings is 1. The summed E-state index contributed by atoms with van der Waals surface area (Å²) in [4.78, 5) is 9.65. The Kier molecular flexibility index (Phi) is 3.33. The average Bonchev–Trinajstić information content (AvgIpc) is 2.81. The third-order valence-electron chi connectivity index (χ3n) is 3.84. The molecule has 1 aromatic carbocycles. The van der Waals surface area contributed by atoms with E-state index in [0.29, 0.717) is 6.04 Å². The Morgan fingerprint density at radius 3 is 3.00 bits per heavy atom. The molecule has 1 aliphatic heterocycles. The molecule has 2 heterocycles. The summed E-state index contributed by atoms with van der Waals surface area (Å²) >= 11 is 1.75. The Balaban J connectivity index is 1.84. The van der Waals surface area contributed by atoms with Crippen molar-refractivity contribution in [2.45, 2.75) is 19.9 Å². The number of fused-ring (bicyclic) bond motifs is 1. The van der Waals surface area contributed by atoms with Crippen molar-refractivity contribution in [2.24, 2.45) is 0 Å². The number of likely N-dealkylation sites (N-methyl/N-ethyl adjacent to an activating group) is 1. The molecular weight excluding hydrogens is 256 g/mol. The molecular formula is C14H20N4S. The SMILES string of the molecule is CCN1CCN(c2nc3ccc(N)cc3s2)CC1C. The summed E-state index contributed by atoms with van der Waals surface area (Å²) in [6.45, 7) is 8.89. The van der Waals surface area contributed by atoms with Crippen molar-refractivity contribution >= 4 is 32.4 Å². The Labute approximate surface area is 117 Å². The summed E-state index contributed by atoms with van der Waals surface area (Å²) in [5.41, 5.74) is 7.70. The number of benzene rings is 1. The van der Waals surface area contributed by atoms with E-state index >= 15 is 0 Å². The Hall–Kier alpha value is -1.33. The van der Waals surface area contributed by atoms with E-state index in [1.165, 1.54) is 4.70 Å². The summed E-state index contributed by atoms with van der Waals surface area (Å²) in [5.74, 6) is 0. The van der Waals surface area contributed by atoms with Gasteiger partial charge in [-0.05, 0) is 31.7 Å². The minimum atomic E-state index is 0.593. The number of nitrogens with two attached hydrogens (primary N) is 1. The standard InChI is InChI=1S/C14H20N4S/c1-3-17-6-7-18(9-10(17)2)14-16-12-5-4-11(15)8-13(12)19-14/h4-5,8,10H,3,6-7,9,15H2,1-2H3. The topological polar surface area (TPSA) is 45.4 Å². The molecule has 19 heavy (non-hydrogen) atoms. The molecule has 0 amide bonds. The number of nitrogens with zero attached hydrogens (tertiary/aromatic N) is 3. The van der Waals surface area contributed by atoms with Crippen LogP contribution in [0.3, 0.4) is 0 Å². The fraction of sp³-hybridized carbons (Fsp3) is 0.500. The quantitative estimate of drug-likeness (QED) is 0.856. The van der Waals surface area contributed by atoms with Gasteiger partial charge in [-0.2, -0.15) is 0 Å². The van der Waals surface area contributed by atoms with E-state index in [2.05, 4.69) is 23.6 Å². The Morgan fingerprint density at radius 1 is 1.42 bits per heavy atom. The lowest BCUT2D eigenvalue weighted by Gasteiger charge is -2.39. The number of hydrogen-bond donors (Lipinski definition) is 1. The van der Waals surface area contributed by atoms with Crippen LogP contribution in [0.15, 0.2) is 18.2 Å². The molecule has 2 aromatic rings. The van der Waals surface area contributed by atoms with Crippen LogP contribution < -0.4 is 10.6 Å². The molecule has 4 nitrogen and oxygen atoms in total. The van der Waals surface area contributed by atoms with Crippen LogP contribution in [0.25, 0.3) is 10.2 Å². The summed E-state index contributed by atoms with van der Waals surface area (Å²) < 4.78 is 1.18. The second kappa shape index (κ2) is 4.98. The highest BCUT2D eigenvalue weighted by molar-refractivity contribution is 7.22. The molecule has 0 aliphatic carbocycles. The minimum Gasteiger partial charge on any atom is -0.399 e. The molecule has 2 N–H and O–H groups in total. The van der Waals surface area contributed by atoms with E-state index < -0.39 is 0 Å². The minimum absolute atomic E-state index is 0.593. The highest BCUT2D eigenvalue weighted by Crippen LogP contribution is 2.31. The van der Waals surface area contributed by atoms with Crippen LogP contribution in [0.2, 0.25) is 0 Å². The van der Waals surface area contributed by atoms with E-state index in [9.17, 15) is 0 Å². The third-order valence-corrected chi connectivity index (χ3v) is 4.92. The van der Waals surface area contributed by atoms with Crippen LogP contribution in [0.1, 0.15) is 13.8 Å². The lowest BCUT2D eigenvalue weighted by molar-refractivity contribution is 0.199. The summed E-state index contributed by atoms with van der Waals surface area (Å²) in [6, 6.07) is 6.54. The first-order valence-electron chi connectivity index (χ1n) is 6.82. The van der Waals surface area contributed by atoms with Crippen LogP contribution in [0, 0.1) is 0 Å². The van der Waals surface area contributed by atoms with Gasteiger partial charge in [0.1, 0.15) is 0 Å². The van der Waals surface area contributed by atoms with Gasteiger partial charge in [0.25, 0.3) is 0 Å². The molecule has 1 atom stereocenters. The van der Waals surface area contributed by atoms with Gasteiger partial charge in [0.15, 0.2) is 5.13 Å². The highest BCUT2D eigenvalue weighted by atomic mass is 32.1. The second-order valence-electron chi connectivity index (χ2n) is 5.15. The number of aromatic nitrogens is 1. The van der Waals surface area contributed by atoms with Crippen LogP contribution in [0.5, 0.6) is 0 Å². The Bertz CT molecular complexity index is 580. The monoisotopic (exact) mass is 276 g/mol. The zero-order chi connectivity index (χ0) is 13.4. The number of piperazine rings is 1. The van der Waals surface area contributed by atoms with Crippen molar-refractivity contribution in [3.63, 3.8) is 0 Å². The van der Waals surface area contributed by atoms with Gasteiger partial charge in [-0.1, -0.05) is 18.3 Å². The number of hydrogen-bond acceptors (Lipinski definition) is 5. The molecule has 5 heteroatoms. The predicted molar refractivity (Wildman–Crippen MR) is 83.0 cm³/mol. The van der Waals surface area contributed by atoms with E-state index in [1.807, 2.05) is 18.2 Å². The maximum absolute atomic E-state index is 5.83. The largest absolute Gasteiger partial charge is 0.399 e. The van der Waals surface area contributed by atoms with E-state index in [0.717, 1.165) is 42.5 Å². The van der Waals surface area contributed by atoms with Gasteiger partial charge >= 0.3 is 0 Å². The van der Waals surface area contributed by atoms with E-state index in [1.54, 1.807) is 11.3 Å². The fourth-order valence-corrected chi connectivity index (χ4v) is 3.75. The zero-order valence-electron chi connectivity index (χ0n) is 11.5. The van der Waals surface area contributed by atoms with Crippen LogP contribution in [0.4, 0.5) is 10.8 Å². The molecule has 1 saturated heterocycles. The van der Waals surface area contributed by atoms with Gasteiger partial charge < -0.3 is 10.6 Å². The van der Waals surface area contributed by atoms with Crippen molar-refractivity contribution in [3.8, 4) is 0 Å². The van der Waals surface area contributed by atoms with Gasteiger partial charge in [0.05, 0.1) is 10.2 Å². The molecule has 1 fully saturated rings. The molecule has 102 valence electrons. The number of anilines is 2. The van der Waals surface area contributed by atoms with Crippen LogP contribution >= 0.6 is 11.3 Å². The molecule has 0 bridgehead atoms. The van der Waals surface area contributed by atoms with Gasteiger partial charge in [-0.25, -0.2) is 4.98 Å². The molecule has 0 radical (unpaired) electrons. The maximum Gasteiger partial charge on any atom is 0.186 e. The first-order valence-corrected chi connectivity index (χ1v) is 7.64. The smallest absolute Gasteiger partial charge is 0.186 e.